The summed E-state index contributed by atoms with van der Waals surface area (Å²) in [5, 5.41) is 2.96. The van der Waals surface area contributed by atoms with E-state index in [9.17, 15) is 4.79 Å². The van der Waals surface area contributed by atoms with E-state index in [4.69, 9.17) is 4.74 Å². The van der Waals surface area contributed by atoms with Crippen LogP contribution in [0.25, 0.3) is 0 Å². The Morgan fingerprint density at radius 2 is 2.04 bits per heavy atom. The maximum atomic E-state index is 12.0. The molecule has 24 heavy (non-hydrogen) atoms. The van der Waals surface area contributed by atoms with Gasteiger partial charge in [0.1, 0.15) is 6.10 Å². The number of hydrogen-bond acceptors (Lipinski definition) is 3. The number of likely N-dealkylation sites (tertiary alicyclic amines) is 1. The van der Waals surface area contributed by atoms with E-state index < -0.39 is 0 Å². The zero-order valence-corrected chi connectivity index (χ0v) is 14.9. The van der Waals surface area contributed by atoms with Crippen LogP contribution in [0.2, 0.25) is 0 Å². The van der Waals surface area contributed by atoms with Gasteiger partial charge in [0.15, 0.2) is 0 Å². The maximum absolute atomic E-state index is 12.0. The first kappa shape index (κ1) is 16.8. The van der Waals surface area contributed by atoms with E-state index in [-0.39, 0.29) is 12.1 Å². The van der Waals surface area contributed by atoms with E-state index in [2.05, 4.69) is 38.4 Å². The normalized spacial score (nSPS) is 14.1. The van der Waals surface area contributed by atoms with Gasteiger partial charge in [0, 0.05) is 12.7 Å². The van der Waals surface area contributed by atoms with E-state index in [0.29, 0.717) is 25.5 Å². The molecular weight excluding hydrogens is 370 g/mol. The highest BCUT2D eigenvalue weighted by molar-refractivity contribution is 9.10. The van der Waals surface area contributed by atoms with Crippen LogP contribution in [0.1, 0.15) is 12.0 Å². The first-order valence-corrected chi connectivity index (χ1v) is 8.85. The molecule has 1 saturated heterocycles. The summed E-state index contributed by atoms with van der Waals surface area (Å²) in [4.78, 5) is 18.0. The molecule has 0 aliphatic carbocycles. The highest BCUT2D eigenvalue weighted by Crippen LogP contribution is 2.24. The molecule has 126 valence electrons. The summed E-state index contributed by atoms with van der Waals surface area (Å²) < 4.78 is 6.59. The van der Waals surface area contributed by atoms with Crippen LogP contribution in [0.3, 0.4) is 0 Å². The molecule has 1 N–H and O–H groups in total. The van der Waals surface area contributed by atoms with Crippen LogP contribution in [0.5, 0.6) is 5.88 Å². The number of ether oxygens (including phenoxy) is 1. The fourth-order valence-electron chi connectivity index (χ4n) is 2.54. The van der Waals surface area contributed by atoms with Crippen LogP contribution in [0, 0.1) is 0 Å². The van der Waals surface area contributed by atoms with Crippen LogP contribution in [-0.2, 0) is 6.42 Å². The molecule has 2 aromatic rings. The quantitative estimate of drug-likeness (QED) is 0.771. The second-order valence-corrected chi connectivity index (χ2v) is 6.61. The van der Waals surface area contributed by atoms with Crippen LogP contribution < -0.4 is 10.1 Å². The fraction of sp³-hybridized carbons (Fsp3) is 0.333. The van der Waals surface area contributed by atoms with Gasteiger partial charge in [-0.15, -0.1) is 0 Å². The zero-order valence-electron chi connectivity index (χ0n) is 13.3. The molecule has 2 amide bonds. The average Bonchev–Trinajstić information content (AvgIpc) is 2.57. The Kier molecular flexibility index (Phi) is 5.69. The van der Waals surface area contributed by atoms with Gasteiger partial charge in [0.05, 0.1) is 17.6 Å². The van der Waals surface area contributed by atoms with Crippen LogP contribution in [0.15, 0.2) is 53.1 Å². The molecular formula is C18H20BrN3O2. The van der Waals surface area contributed by atoms with Gasteiger partial charge in [-0.25, -0.2) is 9.78 Å². The lowest BCUT2D eigenvalue weighted by Gasteiger charge is -2.38. The van der Waals surface area contributed by atoms with Gasteiger partial charge in [-0.2, -0.15) is 0 Å². The van der Waals surface area contributed by atoms with Crippen molar-refractivity contribution in [3.8, 4) is 5.88 Å². The molecule has 5 nitrogen and oxygen atoms in total. The van der Waals surface area contributed by atoms with Crippen molar-refractivity contribution in [3.05, 3.63) is 58.7 Å². The Balaban J connectivity index is 1.32. The zero-order chi connectivity index (χ0) is 16.8. The number of halogens is 1. The molecule has 0 radical (unpaired) electrons. The molecule has 1 aliphatic heterocycles. The summed E-state index contributed by atoms with van der Waals surface area (Å²) in [6, 6.07) is 14.0. The number of urea groups is 1. The molecule has 0 saturated carbocycles. The number of nitrogens with one attached hydrogen (secondary N) is 1. The van der Waals surface area contributed by atoms with Gasteiger partial charge in [-0.3, -0.25) is 0 Å². The largest absolute Gasteiger partial charge is 0.470 e. The molecule has 0 bridgehead atoms. The molecule has 1 fully saturated rings. The van der Waals surface area contributed by atoms with Crippen molar-refractivity contribution in [2.24, 2.45) is 0 Å². The molecule has 3 rings (SSSR count). The number of hydrogen-bond donors (Lipinski definition) is 1. The molecule has 2 heterocycles. The predicted octanol–water partition coefficient (Wildman–Crippen LogP) is 3.25. The van der Waals surface area contributed by atoms with Crippen LogP contribution >= 0.6 is 15.9 Å². The van der Waals surface area contributed by atoms with Crippen molar-refractivity contribution in [1.82, 2.24) is 15.2 Å². The van der Waals surface area contributed by atoms with Gasteiger partial charge in [0.2, 0.25) is 5.88 Å². The van der Waals surface area contributed by atoms with E-state index in [1.54, 1.807) is 11.1 Å². The second-order valence-electron chi connectivity index (χ2n) is 5.76. The molecule has 1 aromatic carbocycles. The number of benzene rings is 1. The molecule has 0 spiro atoms. The Morgan fingerprint density at radius 1 is 1.25 bits per heavy atom. The Hall–Kier alpha value is -2.08. The van der Waals surface area contributed by atoms with Crippen molar-refractivity contribution in [1.29, 1.82) is 0 Å². The third kappa shape index (κ3) is 4.47. The molecule has 6 heteroatoms. The number of amides is 2. The number of pyridine rings is 1. The minimum Gasteiger partial charge on any atom is -0.470 e. The summed E-state index contributed by atoms with van der Waals surface area (Å²) >= 11 is 3.40. The number of rotatable bonds is 6. The third-order valence-electron chi connectivity index (χ3n) is 3.90. The SMILES string of the molecule is O=C(NCCCc1ccccc1)N1CC(Oc2ncccc2Br)C1. The first-order chi connectivity index (χ1) is 11.7. The molecule has 0 unspecified atom stereocenters. The fourth-order valence-corrected chi connectivity index (χ4v) is 2.89. The summed E-state index contributed by atoms with van der Waals surface area (Å²) in [6.07, 6.45) is 3.60. The number of aromatic nitrogens is 1. The van der Waals surface area contributed by atoms with Gasteiger partial charge >= 0.3 is 6.03 Å². The monoisotopic (exact) mass is 389 g/mol. The number of carbonyl (C=O) groups excluding carboxylic acids is 1. The van der Waals surface area contributed by atoms with Crippen LogP contribution in [-0.4, -0.2) is 41.7 Å². The highest BCUT2D eigenvalue weighted by atomic mass is 79.9. The lowest BCUT2D eigenvalue weighted by atomic mass is 10.1. The second kappa shape index (κ2) is 8.15. The number of nitrogens with zero attached hydrogens (tertiary/aromatic N) is 2. The minimum atomic E-state index is -0.0250. The Morgan fingerprint density at radius 3 is 2.79 bits per heavy atom. The standard InChI is InChI=1S/C18H20BrN3O2/c19-16-9-5-10-20-17(16)24-15-12-22(13-15)18(23)21-11-4-8-14-6-2-1-3-7-14/h1-3,5-7,9-10,15H,4,8,11-13H2,(H,21,23). The van der Waals surface area contributed by atoms with Crippen molar-refractivity contribution in [2.75, 3.05) is 19.6 Å². The Bertz CT molecular complexity index is 675. The smallest absolute Gasteiger partial charge is 0.317 e. The van der Waals surface area contributed by atoms with Crippen molar-refractivity contribution >= 4 is 22.0 Å². The summed E-state index contributed by atoms with van der Waals surface area (Å²) in [5.74, 6) is 0.574. The summed E-state index contributed by atoms with van der Waals surface area (Å²) in [6.45, 7) is 1.86. The minimum absolute atomic E-state index is 0.00580. The lowest BCUT2D eigenvalue weighted by Crippen LogP contribution is -2.59. The third-order valence-corrected chi connectivity index (χ3v) is 4.50. The van der Waals surface area contributed by atoms with E-state index in [1.165, 1.54) is 5.56 Å². The maximum Gasteiger partial charge on any atom is 0.317 e. The number of carbonyl (C=O) groups is 1. The first-order valence-electron chi connectivity index (χ1n) is 8.06. The molecule has 0 atom stereocenters. The highest BCUT2D eigenvalue weighted by Gasteiger charge is 2.32. The Labute approximate surface area is 150 Å². The van der Waals surface area contributed by atoms with E-state index in [1.807, 2.05) is 30.3 Å². The number of aryl methyl sites for hydroxylation is 1. The van der Waals surface area contributed by atoms with Crippen LogP contribution in [0.4, 0.5) is 4.79 Å². The van der Waals surface area contributed by atoms with Gasteiger partial charge in [0.25, 0.3) is 0 Å². The van der Waals surface area contributed by atoms with Crippen molar-refractivity contribution in [3.63, 3.8) is 0 Å². The lowest BCUT2D eigenvalue weighted by molar-refractivity contribution is 0.0409. The van der Waals surface area contributed by atoms with E-state index >= 15 is 0 Å². The van der Waals surface area contributed by atoms with Crippen molar-refractivity contribution < 1.29 is 9.53 Å². The molecule has 1 aromatic heterocycles. The van der Waals surface area contributed by atoms with Crippen molar-refractivity contribution in [2.45, 2.75) is 18.9 Å². The summed E-state index contributed by atoms with van der Waals surface area (Å²) in [7, 11) is 0. The average molecular weight is 390 g/mol. The predicted molar refractivity (Wildman–Crippen MR) is 96.1 cm³/mol. The molecule has 1 aliphatic rings. The topological polar surface area (TPSA) is 54.5 Å². The van der Waals surface area contributed by atoms with Gasteiger partial charge in [-0.1, -0.05) is 30.3 Å². The van der Waals surface area contributed by atoms with Gasteiger partial charge < -0.3 is 15.0 Å². The van der Waals surface area contributed by atoms with Gasteiger partial charge in [-0.05, 0) is 46.5 Å². The van der Waals surface area contributed by atoms with E-state index in [0.717, 1.165) is 17.3 Å². The summed E-state index contributed by atoms with van der Waals surface area (Å²) in [5.41, 5.74) is 1.30.